The van der Waals surface area contributed by atoms with Gasteiger partial charge in [0, 0.05) is 44.4 Å². The number of hydrogen-bond donors (Lipinski definition) is 1. The standard InChI is InChI=1S/C30H35FN2O5S/c1-2-26-10-11-28(23-6-4-3-5-7-23)39(35,36)33(26)20-24-8-9-25(18-27(24)31)30(13-16-37-17-14-30)29(34)32-19-22-12-15-38-21-22/h1,3-9,18,22,26,28H,10-17,19-21H2,(H,32,34)/t22?,26-,28+/m0/s1. The average Bonchev–Trinajstić information content (AvgIpc) is 3.48. The summed E-state index contributed by atoms with van der Waals surface area (Å²) in [7, 11) is -3.83. The van der Waals surface area contributed by atoms with Crippen molar-refractivity contribution in [1.82, 2.24) is 9.62 Å². The van der Waals surface area contributed by atoms with Crippen LogP contribution in [0.2, 0.25) is 0 Å². The van der Waals surface area contributed by atoms with E-state index in [4.69, 9.17) is 15.9 Å². The highest BCUT2D eigenvalue weighted by Gasteiger charge is 2.44. The molecule has 0 aliphatic carbocycles. The van der Waals surface area contributed by atoms with Crippen LogP contribution in [0.4, 0.5) is 4.39 Å². The zero-order valence-electron chi connectivity index (χ0n) is 22.0. The third-order valence-electron chi connectivity index (χ3n) is 8.39. The molecule has 0 bridgehead atoms. The van der Waals surface area contributed by atoms with Crippen molar-refractivity contribution in [2.24, 2.45) is 5.92 Å². The Balaban J connectivity index is 1.39. The Labute approximate surface area is 230 Å². The predicted molar refractivity (Wildman–Crippen MR) is 146 cm³/mol. The van der Waals surface area contributed by atoms with Gasteiger partial charge < -0.3 is 14.8 Å². The third kappa shape index (κ3) is 5.62. The maximum absolute atomic E-state index is 15.7. The second kappa shape index (κ2) is 11.8. The molecule has 3 aliphatic rings. The number of sulfonamides is 1. The van der Waals surface area contributed by atoms with Gasteiger partial charge in [-0.2, -0.15) is 4.31 Å². The van der Waals surface area contributed by atoms with E-state index in [-0.39, 0.29) is 23.9 Å². The summed E-state index contributed by atoms with van der Waals surface area (Å²) in [4.78, 5) is 13.5. The molecule has 1 N–H and O–H groups in total. The summed E-state index contributed by atoms with van der Waals surface area (Å²) in [6.07, 6.45) is 8.41. The summed E-state index contributed by atoms with van der Waals surface area (Å²) in [6.45, 7) is 2.48. The SMILES string of the molecule is C#C[C@H]1CC[C@H](c2ccccc2)S(=O)(=O)N1Cc1ccc(C2(C(=O)NCC3CCOC3)CCOCC2)cc1F. The Hall–Kier alpha value is -2.77. The molecule has 1 unspecified atom stereocenters. The van der Waals surface area contributed by atoms with Crippen LogP contribution in [0.3, 0.4) is 0 Å². The zero-order valence-corrected chi connectivity index (χ0v) is 22.8. The summed E-state index contributed by atoms with van der Waals surface area (Å²) in [5.41, 5.74) is 0.588. The molecule has 1 amide bonds. The van der Waals surface area contributed by atoms with Crippen molar-refractivity contribution in [1.29, 1.82) is 0 Å². The maximum atomic E-state index is 15.7. The number of halogens is 1. The quantitative estimate of drug-likeness (QED) is 0.528. The second-order valence-corrected chi connectivity index (χ2v) is 12.8. The second-order valence-electron chi connectivity index (χ2n) is 10.7. The van der Waals surface area contributed by atoms with Crippen LogP contribution in [-0.2, 0) is 36.3 Å². The van der Waals surface area contributed by atoms with Gasteiger partial charge in [-0.15, -0.1) is 6.42 Å². The summed E-state index contributed by atoms with van der Waals surface area (Å²) < 4.78 is 55.2. The first-order valence-electron chi connectivity index (χ1n) is 13.6. The molecule has 5 rings (SSSR count). The maximum Gasteiger partial charge on any atom is 0.230 e. The van der Waals surface area contributed by atoms with Gasteiger partial charge in [0.05, 0.1) is 18.1 Å². The van der Waals surface area contributed by atoms with Crippen LogP contribution in [-0.4, -0.2) is 57.6 Å². The number of hydrogen-bond acceptors (Lipinski definition) is 5. The summed E-state index contributed by atoms with van der Waals surface area (Å²) in [5, 5.41) is 2.34. The zero-order chi connectivity index (χ0) is 27.5. The summed E-state index contributed by atoms with van der Waals surface area (Å²) in [6, 6.07) is 13.1. The fourth-order valence-electron chi connectivity index (χ4n) is 5.97. The van der Waals surface area contributed by atoms with Gasteiger partial charge in [0.25, 0.3) is 0 Å². The highest BCUT2D eigenvalue weighted by Crippen LogP contribution is 2.39. The third-order valence-corrected chi connectivity index (χ3v) is 10.7. The van der Waals surface area contributed by atoms with Crippen LogP contribution >= 0.6 is 0 Å². The van der Waals surface area contributed by atoms with E-state index in [1.165, 1.54) is 10.4 Å². The van der Waals surface area contributed by atoms with Gasteiger partial charge in [0.1, 0.15) is 11.1 Å². The minimum absolute atomic E-state index is 0.137. The van der Waals surface area contributed by atoms with Gasteiger partial charge in [0.2, 0.25) is 15.9 Å². The van der Waals surface area contributed by atoms with Crippen molar-refractivity contribution < 1.29 is 27.1 Å². The van der Waals surface area contributed by atoms with Crippen LogP contribution in [0, 0.1) is 24.1 Å². The lowest BCUT2D eigenvalue weighted by molar-refractivity contribution is -0.130. The molecular formula is C30H35FN2O5S. The smallest absolute Gasteiger partial charge is 0.230 e. The van der Waals surface area contributed by atoms with Crippen molar-refractivity contribution >= 4 is 15.9 Å². The number of ether oxygens (including phenoxy) is 2. The molecule has 2 aromatic rings. The van der Waals surface area contributed by atoms with Crippen molar-refractivity contribution in [3.63, 3.8) is 0 Å². The number of carbonyl (C=O) groups excluding carboxylic acids is 1. The monoisotopic (exact) mass is 554 g/mol. The lowest BCUT2D eigenvalue weighted by atomic mass is 9.73. The first-order chi connectivity index (χ1) is 18.8. The lowest BCUT2D eigenvalue weighted by Crippen LogP contribution is -2.49. The van der Waals surface area contributed by atoms with Crippen LogP contribution < -0.4 is 5.32 Å². The van der Waals surface area contributed by atoms with Gasteiger partial charge in [-0.25, -0.2) is 12.8 Å². The molecule has 2 aromatic carbocycles. The normalized spacial score (nSPS) is 26.5. The van der Waals surface area contributed by atoms with E-state index in [1.807, 2.05) is 18.2 Å². The number of nitrogens with one attached hydrogen (secondary N) is 1. The van der Waals surface area contributed by atoms with Gasteiger partial charge >= 0.3 is 0 Å². The van der Waals surface area contributed by atoms with E-state index in [0.29, 0.717) is 69.8 Å². The minimum atomic E-state index is -3.83. The fraction of sp³-hybridized carbons (Fsp3) is 0.500. The predicted octanol–water partition coefficient (Wildman–Crippen LogP) is 3.70. The van der Waals surface area contributed by atoms with Crippen molar-refractivity contribution in [2.75, 3.05) is 33.0 Å². The number of nitrogens with zero attached hydrogens (tertiary/aromatic N) is 1. The van der Waals surface area contributed by atoms with Crippen LogP contribution in [0.15, 0.2) is 48.5 Å². The average molecular weight is 555 g/mol. The van der Waals surface area contributed by atoms with E-state index < -0.39 is 32.5 Å². The number of rotatable bonds is 7. The molecule has 208 valence electrons. The Morgan fingerprint density at radius 1 is 1.08 bits per heavy atom. The first kappa shape index (κ1) is 27.8. The molecule has 39 heavy (non-hydrogen) atoms. The largest absolute Gasteiger partial charge is 0.381 e. The molecule has 0 aromatic heterocycles. The highest BCUT2D eigenvalue weighted by atomic mass is 32.2. The Bertz CT molecular complexity index is 1310. The van der Waals surface area contributed by atoms with Crippen LogP contribution in [0.5, 0.6) is 0 Å². The van der Waals surface area contributed by atoms with E-state index >= 15 is 4.39 Å². The van der Waals surface area contributed by atoms with Gasteiger partial charge in [-0.1, -0.05) is 48.4 Å². The Morgan fingerprint density at radius 2 is 1.85 bits per heavy atom. The lowest BCUT2D eigenvalue weighted by Gasteiger charge is -2.38. The molecule has 3 saturated heterocycles. The molecule has 3 fully saturated rings. The molecule has 0 radical (unpaired) electrons. The Morgan fingerprint density at radius 3 is 2.51 bits per heavy atom. The molecular weight excluding hydrogens is 519 g/mol. The molecule has 9 heteroatoms. The van der Waals surface area contributed by atoms with E-state index in [2.05, 4.69) is 11.2 Å². The van der Waals surface area contributed by atoms with Gasteiger partial charge in [0.15, 0.2) is 0 Å². The van der Waals surface area contributed by atoms with Crippen molar-refractivity contribution in [2.45, 2.75) is 55.4 Å². The van der Waals surface area contributed by atoms with E-state index in [1.54, 1.807) is 24.3 Å². The van der Waals surface area contributed by atoms with Gasteiger partial charge in [-0.05, 0) is 49.3 Å². The Kier molecular flexibility index (Phi) is 8.38. The molecule has 0 spiro atoms. The van der Waals surface area contributed by atoms with Gasteiger partial charge in [-0.3, -0.25) is 4.79 Å². The molecule has 3 aliphatic heterocycles. The van der Waals surface area contributed by atoms with Crippen LogP contribution in [0.25, 0.3) is 0 Å². The number of terminal acetylenes is 1. The molecule has 3 heterocycles. The minimum Gasteiger partial charge on any atom is -0.381 e. The summed E-state index contributed by atoms with van der Waals surface area (Å²) >= 11 is 0. The van der Waals surface area contributed by atoms with Crippen LogP contribution in [0.1, 0.15) is 54.0 Å². The van der Waals surface area contributed by atoms with Crippen molar-refractivity contribution in [3.8, 4) is 12.3 Å². The number of amides is 1. The van der Waals surface area contributed by atoms with Crippen molar-refractivity contribution in [3.05, 3.63) is 71.0 Å². The summed E-state index contributed by atoms with van der Waals surface area (Å²) in [5.74, 6) is 2.18. The number of carbonyl (C=O) groups is 1. The van der Waals surface area contributed by atoms with E-state index in [0.717, 1.165) is 6.42 Å². The topological polar surface area (TPSA) is 84.9 Å². The molecule has 3 atom stereocenters. The first-order valence-corrected chi connectivity index (χ1v) is 15.1. The fourth-order valence-corrected chi connectivity index (χ4v) is 8.08. The highest BCUT2D eigenvalue weighted by molar-refractivity contribution is 7.89. The molecule has 7 nitrogen and oxygen atoms in total. The number of benzene rings is 2. The molecule has 0 saturated carbocycles. The van der Waals surface area contributed by atoms with E-state index in [9.17, 15) is 13.2 Å².